The monoisotopic (exact) mass is 288 g/mol. The van der Waals surface area contributed by atoms with Crippen molar-refractivity contribution in [2.24, 2.45) is 0 Å². The molecule has 1 aliphatic heterocycles. The van der Waals surface area contributed by atoms with E-state index in [1.54, 1.807) is 12.3 Å². The summed E-state index contributed by atoms with van der Waals surface area (Å²) in [5.74, 6) is 1.18. The molecule has 0 saturated carbocycles. The number of H-pyrrole nitrogens is 2. The van der Waals surface area contributed by atoms with E-state index in [4.69, 9.17) is 0 Å². The average molecular weight is 288 g/mol. The minimum absolute atomic E-state index is 0.0529. The van der Waals surface area contributed by atoms with Crippen molar-refractivity contribution in [1.29, 1.82) is 0 Å². The van der Waals surface area contributed by atoms with E-state index in [1.165, 1.54) is 0 Å². The first-order valence-electron chi connectivity index (χ1n) is 7.21. The van der Waals surface area contributed by atoms with Crippen LogP contribution in [-0.2, 0) is 0 Å². The highest BCUT2D eigenvalue weighted by Crippen LogP contribution is 2.18. The molecule has 0 spiro atoms. The molecule has 0 atom stereocenters. The number of hydrogen-bond donors (Lipinski definition) is 3. The van der Waals surface area contributed by atoms with Crippen LogP contribution < -0.4 is 15.6 Å². The molecule has 1 saturated heterocycles. The molecule has 3 N–H and O–H groups in total. The van der Waals surface area contributed by atoms with Gasteiger partial charge in [0.05, 0.1) is 5.56 Å². The Morgan fingerprint density at radius 3 is 2.81 bits per heavy atom. The predicted octanol–water partition coefficient (Wildman–Crippen LogP) is 0.657. The molecule has 112 valence electrons. The lowest BCUT2D eigenvalue weighted by Crippen LogP contribution is -2.41. The Morgan fingerprint density at radius 2 is 2.14 bits per heavy atom. The van der Waals surface area contributed by atoms with Crippen LogP contribution in [0.3, 0.4) is 0 Å². The Balaban J connectivity index is 1.79. The van der Waals surface area contributed by atoms with Gasteiger partial charge in [0.2, 0.25) is 5.95 Å². The van der Waals surface area contributed by atoms with Gasteiger partial charge in [-0.25, -0.2) is 0 Å². The van der Waals surface area contributed by atoms with Gasteiger partial charge in [-0.2, -0.15) is 4.98 Å². The van der Waals surface area contributed by atoms with Crippen LogP contribution >= 0.6 is 0 Å². The molecule has 3 heterocycles. The summed E-state index contributed by atoms with van der Waals surface area (Å²) in [5.41, 5.74) is 1.30. The fourth-order valence-corrected chi connectivity index (χ4v) is 2.64. The van der Waals surface area contributed by atoms with Gasteiger partial charge >= 0.3 is 0 Å². The minimum atomic E-state index is -0.0529. The summed E-state index contributed by atoms with van der Waals surface area (Å²) in [6, 6.07) is 2.13. The molecule has 2 aromatic rings. The van der Waals surface area contributed by atoms with E-state index in [9.17, 15) is 4.79 Å². The number of pyridine rings is 1. The van der Waals surface area contributed by atoms with E-state index in [0.717, 1.165) is 31.6 Å². The standard InChI is InChI=1S/C14H20N6O/c1-9-7-12(21)11(8-16-9)13-17-14(19-18-13)20-5-3-10(15-2)4-6-20/h7-8,10,15H,3-6H2,1-2H3,(H,16,21)(H,17,18,19). The number of piperidine rings is 1. The van der Waals surface area contributed by atoms with Crippen molar-refractivity contribution in [2.75, 3.05) is 25.0 Å². The Kier molecular flexibility index (Phi) is 3.74. The average Bonchev–Trinajstić information content (AvgIpc) is 2.97. The van der Waals surface area contributed by atoms with Gasteiger partial charge in [0.1, 0.15) is 0 Å². The Bertz CT molecular complexity index is 668. The number of aryl methyl sites for hydroxylation is 1. The molecule has 2 aromatic heterocycles. The third kappa shape index (κ3) is 2.82. The number of nitrogens with zero attached hydrogens (tertiary/aromatic N) is 3. The van der Waals surface area contributed by atoms with Crippen LogP contribution in [0.4, 0.5) is 5.95 Å². The Morgan fingerprint density at radius 1 is 1.38 bits per heavy atom. The molecule has 1 fully saturated rings. The Hall–Kier alpha value is -2.15. The van der Waals surface area contributed by atoms with E-state index < -0.39 is 0 Å². The number of hydrogen-bond acceptors (Lipinski definition) is 5. The number of aromatic nitrogens is 4. The van der Waals surface area contributed by atoms with Gasteiger partial charge in [0, 0.05) is 37.1 Å². The van der Waals surface area contributed by atoms with Crippen molar-refractivity contribution >= 4 is 5.95 Å². The summed E-state index contributed by atoms with van der Waals surface area (Å²) in [5, 5.41) is 10.4. The lowest BCUT2D eigenvalue weighted by molar-refractivity contribution is 0.439. The van der Waals surface area contributed by atoms with Crippen LogP contribution in [0, 0.1) is 6.92 Å². The van der Waals surface area contributed by atoms with Gasteiger partial charge < -0.3 is 15.2 Å². The minimum Gasteiger partial charge on any atom is -0.364 e. The molecule has 0 aromatic carbocycles. The summed E-state index contributed by atoms with van der Waals surface area (Å²) in [7, 11) is 1.99. The van der Waals surface area contributed by atoms with Crippen molar-refractivity contribution in [3.05, 3.63) is 28.2 Å². The maximum absolute atomic E-state index is 12.0. The maximum Gasteiger partial charge on any atom is 0.245 e. The fraction of sp³-hybridized carbons (Fsp3) is 0.500. The van der Waals surface area contributed by atoms with Crippen LogP contribution in [0.15, 0.2) is 17.1 Å². The smallest absolute Gasteiger partial charge is 0.245 e. The topological polar surface area (TPSA) is 89.7 Å². The number of rotatable bonds is 3. The van der Waals surface area contributed by atoms with Crippen molar-refractivity contribution in [3.8, 4) is 11.4 Å². The fourth-order valence-electron chi connectivity index (χ4n) is 2.64. The zero-order valence-electron chi connectivity index (χ0n) is 12.3. The van der Waals surface area contributed by atoms with Gasteiger partial charge in [0.25, 0.3) is 0 Å². The quantitative estimate of drug-likeness (QED) is 0.772. The van der Waals surface area contributed by atoms with E-state index in [-0.39, 0.29) is 5.43 Å². The first-order valence-corrected chi connectivity index (χ1v) is 7.21. The molecule has 0 bridgehead atoms. The normalized spacial score (nSPS) is 16.4. The second-order valence-electron chi connectivity index (χ2n) is 5.43. The summed E-state index contributed by atoms with van der Waals surface area (Å²) in [6.45, 7) is 3.70. The van der Waals surface area contributed by atoms with E-state index in [0.29, 0.717) is 23.4 Å². The number of aromatic amines is 2. The third-order valence-corrected chi connectivity index (χ3v) is 3.97. The highest BCUT2D eigenvalue weighted by Gasteiger charge is 2.21. The summed E-state index contributed by atoms with van der Waals surface area (Å²) < 4.78 is 0. The summed E-state index contributed by atoms with van der Waals surface area (Å²) in [6.07, 6.45) is 3.83. The van der Waals surface area contributed by atoms with Crippen molar-refractivity contribution in [1.82, 2.24) is 25.5 Å². The van der Waals surface area contributed by atoms with Gasteiger partial charge in [-0.1, -0.05) is 0 Å². The zero-order chi connectivity index (χ0) is 14.8. The van der Waals surface area contributed by atoms with E-state index in [1.807, 2.05) is 14.0 Å². The maximum atomic E-state index is 12.0. The molecule has 0 radical (unpaired) electrons. The first kappa shape index (κ1) is 13.8. The van der Waals surface area contributed by atoms with Crippen molar-refractivity contribution in [2.45, 2.75) is 25.8 Å². The number of anilines is 1. The summed E-state index contributed by atoms with van der Waals surface area (Å²) in [4.78, 5) is 21.6. The van der Waals surface area contributed by atoms with Gasteiger partial charge in [-0.15, -0.1) is 5.10 Å². The third-order valence-electron chi connectivity index (χ3n) is 3.97. The summed E-state index contributed by atoms with van der Waals surface area (Å²) >= 11 is 0. The molecule has 0 unspecified atom stereocenters. The van der Waals surface area contributed by atoms with Gasteiger partial charge in [0.15, 0.2) is 11.3 Å². The second-order valence-corrected chi connectivity index (χ2v) is 5.43. The first-order chi connectivity index (χ1) is 10.2. The van der Waals surface area contributed by atoms with E-state index in [2.05, 4.69) is 30.4 Å². The highest BCUT2D eigenvalue weighted by molar-refractivity contribution is 5.55. The molecule has 0 amide bonds. The van der Waals surface area contributed by atoms with Crippen molar-refractivity contribution < 1.29 is 0 Å². The highest BCUT2D eigenvalue weighted by atomic mass is 16.1. The lowest BCUT2D eigenvalue weighted by Gasteiger charge is -2.30. The largest absolute Gasteiger partial charge is 0.364 e. The zero-order valence-corrected chi connectivity index (χ0v) is 12.3. The van der Waals surface area contributed by atoms with Crippen LogP contribution in [0.1, 0.15) is 18.5 Å². The second kappa shape index (κ2) is 5.69. The van der Waals surface area contributed by atoms with Crippen LogP contribution in [0.5, 0.6) is 0 Å². The Labute approximate surface area is 122 Å². The molecule has 7 nitrogen and oxygen atoms in total. The molecular weight excluding hydrogens is 268 g/mol. The molecule has 1 aliphatic rings. The van der Waals surface area contributed by atoms with Crippen LogP contribution in [0.2, 0.25) is 0 Å². The lowest BCUT2D eigenvalue weighted by atomic mass is 10.1. The molecule has 0 aliphatic carbocycles. The van der Waals surface area contributed by atoms with Crippen LogP contribution in [0.25, 0.3) is 11.4 Å². The van der Waals surface area contributed by atoms with Crippen molar-refractivity contribution in [3.63, 3.8) is 0 Å². The molecular formula is C14H20N6O. The SMILES string of the molecule is CNC1CCN(c2n[nH]c(-c3c[nH]c(C)cc3=O)n2)CC1. The van der Waals surface area contributed by atoms with Gasteiger partial charge in [-0.3, -0.25) is 9.89 Å². The molecule has 21 heavy (non-hydrogen) atoms. The molecule has 3 rings (SSSR count). The predicted molar refractivity (Wildman–Crippen MR) is 81.5 cm³/mol. The number of nitrogens with one attached hydrogen (secondary N) is 3. The van der Waals surface area contributed by atoms with Gasteiger partial charge in [-0.05, 0) is 26.8 Å². The van der Waals surface area contributed by atoms with Crippen LogP contribution in [-0.4, -0.2) is 46.3 Å². The molecule has 7 heteroatoms. The van der Waals surface area contributed by atoms with E-state index >= 15 is 0 Å².